The minimum atomic E-state index is -0.596. The van der Waals surface area contributed by atoms with Gasteiger partial charge in [-0.25, -0.2) is 0 Å². The predicted octanol–water partition coefficient (Wildman–Crippen LogP) is 2.84. The van der Waals surface area contributed by atoms with Crippen LogP contribution in [-0.2, 0) is 0 Å². The number of methoxy groups -OCH3 is 1. The molecule has 2 aromatic rings. The van der Waals surface area contributed by atoms with E-state index in [1.165, 1.54) is 11.3 Å². The van der Waals surface area contributed by atoms with Crippen molar-refractivity contribution < 1.29 is 9.84 Å². The number of ether oxygens (including phenoxy) is 1. The van der Waals surface area contributed by atoms with E-state index in [9.17, 15) is 5.11 Å². The fourth-order valence-electron chi connectivity index (χ4n) is 1.49. The molecule has 1 heterocycles. The van der Waals surface area contributed by atoms with Gasteiger partial charge in [-0.1, -0.05) is 24.3 Å². The van der Waals surface area contributed by atoms with Crippen molar-refractivity contribution in [3.8, 4) is 5.75 Å². The quantitative estimate of drug-likeness (QED) is 0.861. The molecule has 0 fully saturated rings. The standard InChI is InChI=1S/C12H12O2S/c1-14-10-6-3-2-5-9(10)12(13)11-7-4-8-15-11/h2-8,12-13H,1H3/t12-/m0/s1. The molecule has 0 saturated heterocycles. The third-order valence-electron chi connectivity index (χ3n) is 2.25. The van der Waals surface area contributed by atoms with Crippen LogP contribution in [0.25, 0.3) is 0 Å². The van der Waals surface area contributed by atoms with Crippen LogP contribution in [0.4, 0.5) is 0 Å². The van der Waals surface area contributed by atoms with Crippen LogP contribution < -0.4 is 4.74 Å². The summed E-state index contributed by atoms with van der Waals surface area (Å²) in [5, 5.41) is 12.1. The van der Waals surface area contributed by atoms with E-state index in [4.69, 9.17) is 4.74 Å². The molecule has 0 unspecified atom stereocenters. The lowest BCUT2D eigenvalue weighted by atomic mass is 10.1. The van der Waals surface area contributed by atoms with Crippen molar-refractivity contribution in [2.24, 2.45) is 0 Å². The van der Waals surface area contributed by atoms with Crippen LogP contribution in [-0.4, -0.2) is 12.2 Å². The van der Waals surface area contributed by atoms with Gasteiger partial charge in [0.2, 0.25) is 0 Å². The largest absolute Gasteiger partial charge is 0.496 e. The van der Waals surface area contributed by atoms with Crippen LogP contribution in [0, 0.1) is 0 Å². The Bertz CT molecular complexity index is 423. The van der Waals surface area contributed by atoms with Gasteiger partial charge in [0.1, 0.15) is 11.9 Å². The number of aliphatic hydroxyl groups excluding tert-OH is 1. The molecule has 2 nitrogen and oxygen atoms in total. The summed E-state index contributed by atoms with van der Waals surface area (Å²) < 4.78 is 5.21. The van der Waals surface area contributed by atoms with Gasteiger partial charge in [0.15, 0.2) is 0 Å². The summed E-state index contributed by atoms with van der Waals surface area (Å²) >= 11 is 1.54. The molecule has 0 radical (unpaired) electrons. The molecule has 0 saturated carbocycles. The predicted molar refractivity (Wildman–Crippen MR) is 61.4 cm³/mol. The SMILES string of the molecule is COc1ccccc1[C@H](O)c1cccs1. The molecule has 15 heavy (non-hydrogen) atoms. The van der Waals surface area contributed by atoms with E-state index >= 15 is 0 Å². The minimum absolute atomic E-state index is 0.596. The second-order valence-corrected chi connectivity index (χ2v) is 4.14. The fourth-order valence-corrected chi connectivity index (χ4v) is 2.22. The van der Waals surface area contributed by atoms with Gasteiger partial charge in [0.05, 0.1) is 7.11 Å². The highest BCUT2D eigenvalue weighted by molar-refractivity contribution is 7.10. The van der Waals surface area contributed by atoms with E-state index in [1.807, 2.05) is 41.8 Å². The maximum atomic E-state index is 10.1. The first-order chi connectivity index (χ1) is 7.33. The van der Waals surface area contributed by atoms with Gasteiger partial charge in [-0.3, -0.25) is 0 Å². The molecule has 2 rings (SSSR count). The summed E-state index contributed by atoms with van der Waals surface area (Å²) in [6.45, 7) is 0. The zero-order valence-electron chi connectivity index (χ0n) is 8.38. The molecule has 78 valence electrons. The van der Waals surface area contributed by atoms with Crippen molar-refractivity contribution >= 4 is 11.3 Å². The van der Waals surface area contributed by atoms with E-state index in [2.05, 4.69) is 0 Å². The lowest BCUT2D eigenvalue weighted by molar-refractivity contribution is 0.218. The van der Waals surface area contributed by atoms with Gasteiger partial charge in [-0.15, -0.1) is 11.3 Å². The van der Waals surface area contributed by atoms with Crippen LogP contribution in [0.2, 0.25) is 0 Å². The van der Waals surface area contributed by atoms with E-state index in [0.29, 0.717) is 0 Å². The summed E-state index contributed by atoms with van der Waals surface area (Å²) in [4.78, 5) is 0.930. The third kappa shape index (κ3) is 2.03. The van der Waals surface area contributed by atoms with Crippen molar-refractivity contribution in [3.63, 3.8) is 0 Å². The molecule has 1 atom stereocenters. The van der Waals surface area contributed by atoms with E-state index in [1.54, 1.807) is 7.11 Å². The van der Waals surface area contributed by atoms with Crippen LogP contribution in [0.15, 0.2) is 41.8 Å². The first-order valence-corrected chi connectivity index (χ1v) is 5.55. The average molecular weight is 220 g/mol. The Balaban J connectivity index is 2.37. The van der Waals surface area contributed by atoms with Crippen LogP contribution in [0.1, 0.15) is 16.5 Å². The lowest BCUT2D eigenvalue weighted by Gasteiger charge is -2.12. The molecular formula is C12H12O2S. The number of para-hydroxylation sites is 1. The van der Waals surface area contributed by atoms with Crippen molar-refractivity contribution in [1.29, 1.82) is 0 Å². The van der Waals surface area contributed by atoms with Gasteiger partial charge in [0, 0.05) is 10.4 Å². The van der Waals surface area contributed by atoms with Gasteiger partial charge in [-0.05, 0) is 17.5 Å². The Labute approximate surface area is 92.8 Å². The zero-order valence-corrected chi connectivity index (χ0v) is 9.20. The fraction of sp³-hybridized carbons (Fsp3) is 0.167. The van der Waals surface area contributed by atoms with Gasteiger partial charge in [0.25, 0.3) is 0 Å². The normalized spacial score (nSPS) is 12.4. The molecule has 0 aliphatic rings. The molecule has 1 aromatic carbocycles. The number of hydrogen-bond donors (Lipinski definition) is 1. The van der Waals surface area contributed by atoms with E-state index < -0.39 is 6.10 Å². The van der Waals surface area contributed by atoms with Crippen molar-refractivity contribution in [1.82, 2.24) is 0 Å². The smallest absolute Gasteiger partial charge is 0.125 e. The highest BCUT2D eigenvalue weighted by Gasteiger charge is 2.15. The molecule has 0 amide bonds. The van der Waals surface area contributed by atoms with Gasteiger partial charge >= 0.3 is 0 Å². The second-order valence-electron chi connectivity index (χ2n) is 3.16. The Morgan fingerprint density at radius 1 is 1.20 bits per heavy atom. The summed E-state index contributed by atoms with van der Waals surface area (Å²) in [7, 11) is 1.61. The first kappa shape index (κ1) is 10.2. The van der Waals surface area contributed by atoms with Crippen LogP contribution >= 0.6 is 11.3 Å². The number of hydrogen-bond acceptors (Lipinski definition) is 3. The Kier molecular flexibility index (Phi) is 3.04. The summed E-state index contributed by atoms with van der Waals surface area (Å²) in [6.07, 6.45) is -0.596. The molecule has 3 heteroatoms. The first-order valence-electron chi connectivity index (χ1n) is 4.67. The van der Waals surface area contributed by atoms with Gasteiger partial charge in [-0.2, -0.15) is 0 Å². The Morgan fingerprint density at radius 2 is 2.00 bits per heavy atom. The number of rotatable bonds is 3. The van der Waals surface area contributed by atoms with Crippen molar-refractivity contribution in [3.05, 3.63) is 52.2 Å². The Morgan fingerprint density at radius 3 is 2.67 bits per heavy atom. The summed E-state index contributed by atoms with van der Waals surface area (Å²) in [5.41, 5.74) is 0.808. The average Bonchev–Trinajstić information content (AvgIpc) is 2.81. The minimum Gasteiger partial charge on any atom is -0.496 e. The topological polar surface area (TPSA) is 29.5 Å². The van der Waals surface area contributed by atoms with E-state index in [-0.39, 0.29) is 0 Å². The summed E-state index contributed by atoms with van der Waals surface area (Å²) in [6, 6.07) is 11.4. The van der Waals surface area contributed by atoms with Crippen molar-refractivity contribution in [2.45, 2.75) is 6.10 Å². The summed E-state index contributed by atoms with van der Waals surface area (Å²) in [5.74, 6) is 0.721. The number of benzene rings is 1. The maximum absolute atomic E-state index is 10.1. The molecule has 1 N–H and O–H groups in total. The van der Waals surface area contributed by atoms with Crippen LogP contribution in [0.3, 0.4) is 0 Å². The molecule has 0 bridgehead atoms. The second kappa shape index (κ2) is 4.47. The molecule has 0 aliphatic carbocycles. The number of thiophene rings is 1. The lowest BCUT2D eigenvalue weighted by Crippen LogP contribution is -1.99. The molecule has 1 aromatic heterocycles. The monoisotopic (exact) mass is 220 g/mol. The maximum Gasteiger partial charge on any atom is 0.125 e. The highest BCUT2D eigenvalue weighted by Crippen LogP contribution is 2.31. The molecule has 0 spiro atoms. The third-order valence-corrected chi connectivity index (χ3v) is 3.17. The molecular weight excluding hydrogens is 208 g/mol. The van der Waals surface area contributed by atoms with Crippen LogP contribution in [0.5, 0.6) is 5.75 Å². The molecule has 0 aliphatic heterocycles. The van der Waals surface area contributed by atoms with Gasteiger partial charge < -0.3 is 9.84 Å². The number of aliphatic hydroxyl groups is 1. The van der Waals surface area contributed by atoms with Crippen molar-refractivity contribution in [2.75, 3.05) is 7.11 Å². The highest BCUT2D eigenvalue weighted by atomic mass is 32.1. The zero-order chi connectivity index (χ0) is 10.7. The van der Waals surface area contributed by atoms with E-state index in [0.717, 1.165) is 16.2 Å². The Hall–Kier alpha value is -1.32.